The summed E-state index contributed by atoms with van der Waals surface area (Å²) in [5.74, 6) is 0.926. The van der Waals surface area contributed by atoms with E-state index in [1.807, 2.05) is 11.8 Å². The highest BCUT2D eigenvalue weighted by Crippen LogP contribution is 2.45. The van der Waals surface area contributed by atoms with Gasteiger partial charge in [0.05, 0.1) is 23.7 Å². The van der Waals surface area contributed by atoms with Gasteiger partial charge in [-0.15, -0.1) is 24.0 Å². The van der Waals surface area contributed by atoms with Gasteiger partial charge in [-0.25, -0.2) is 8.42 Å². The fourth-order valence-electron chi connectivity index (χ4n) is 2.54. The monoisotopic (exact) mass is 445 g/mol. The van der Waals surface area contributed by atoms with Crippen molar-refractivity contribution in [1.29, 1.82) is 0 Å². The maximum absolute atomic E-state index is 12.1. The molecule has 0 unspecified atom stereocenters. The summed E-state index contributed by atoms with van der Waals surface area (Å²) in [7, 11) is -3.04. The molecule has 1 saturated heterocycles. The van der Waals surface area contributed by atoms with Crippen LogP contribution in [0.25, 0.3) is 0 Å². The second-order valence-electron chi connectivity index (χ2n) is 6.83. The summed E-state index contributed by atoms with van der Waals surface area (Å²) in [6, 6.07) is 0. The van der Waals surface area contributed by atoms with Crippen molar-refractivity contribution < 1.29 is 13.5 Å². The van der Waals surface area contributed by atoms with Crippen molar-refractivity contribution in [3.05, 3.63) is 0 Å². The fourth-order valence-corrected chi connectivity index (χ4v) is 3.90. The van der Waals surface area contributed by atoms with Crippen LogP contribution in [-0.4, -0.2) is 67.7 Å². The Morgan fingerprint density at radius 3 is 2.45 bits per heavy atom. The summed E-state index contributed by atoms with van der Waals surface area (Å²) < 4.78 is 23.4. The van der Waals surface area contributed by atoms with Crippen molar-refractivity contribution >= 4 is 39.8 Å². The number of sulfone groups is 1. The number of nitrogens with zero attached hydrogens (tertiary/aromatic N) is 2. The third-order valence-corrected chi connectivity index (χ3v) is 7.07. The molecule has 0 aromatic heterocycles. The van der Waals surface area contributed by atoms with E-state index in [4.69, 9.17) is 0 Å². The maximum Gasteiger partial charge on any atom is 0.194 e. The van der Waals surface area contributed by atoms with Crippen molar-refractivity contribution in [1.82, 2.24) is 10.2 Å². The molecule has 1 aliphatic carbocycles. The van der Waals surface area contributed by atoms with Crippen molar-refractivity contribution in [3.63, 3.8) is 0 Å². The molecule has 0 bridgehead atoms. The SMILES string of the molecule is CCNC(=NCC1(CO)CC1)N1CCS(=O)(=O)C(C)(C)C1.I. The van der Waals surface area contributed by atoms with Crippen molar-refractivity contribution in [2.45, 2.75) is 38.4 Å². The average molecular weight is 445 g/mol. The summed E-state index contributed by atoms with van der Waals surface area (Å²) in [6.45, 7) is 8.00. The van der Waals surface area contributed by atoms with E-state index in [1.54, 1.807) is 13.8 Å². The molecule has 2 N–H and O–H groups in total. The fraction of sp³-hybridized carbons (Fsp3) is 0.929. The first kappa shape index (κ1) is 20.0. The van der Waals surface area contributed by atoms with Gasteiger partial charge >= 0.3 is 0 Å². The zero-order valence-electron chi connectivity index (χ0n) is 13.6. The number of aliphatic hydroxyl groups excluding tert-OH is 1. The standard InChI is InChI=1S/C14H27N3O3S.HI/c1-4-15-12(16-9-14(11-18)5-6-14)17-7-8-21(19,20)13(2,3)10-17;/h18H,4-11H2,1-3H3,(H,15,16);1H. The number of halogens is 1. The number of hydrogen-bond acceptors (Lipinski definition) is 4. The molecule has 0 radical (unpaired) electrons. The van der Waals surface area contributed by atoms with Gasteiger partial charge in [0.15, 0.2) is 15.8 Å². The normalized spacial score (nSPS) is 25.3. The largest absolute Gasteiger partial charge is 0.396 e. The van der Waals surface area contributed by atoms with Gasteiger partial charge in [0.2, 0.25) is 0 Å². The molecule has 130 valence electrons. The zero-order valence-corrected chi connectivity index (χ0v) is 16.8. The first-order valence-corrected chi connectivity index (χ1v) is 9.27. The van der Waals surface area contributed by atoms with Crippen LogP contribution in [0.1, 0.15) is 33.6 Å². The van der Waals surface area contributed by atoms with Crippen LogP contribution in [0.15, 0.2) is 4.99 Å². The summed E-state index contributed by atoms with van der Waals surface area (Å²) in [4.78, 5) is 6.66. The Hall–Kier alpha value is -0.0900. The number of hydrogen-bond donors (Lipinski definition) is 2. The molecule has 6 nitrogen and oxygen atoms in total. The molecular weight excluding hydrogens is 417 g/mol. The minimum Gasteiger partial charge on any atom is -0.396 e. The van der Waals surface area contributed by atoms with Crippen LogP contribution in [0.3, 0.4) is 0 Å². The molecular formula is C14H28IN3O3S. The molecule has 1 heterocycles. The average Bonchev–Trinajstić information content (AvgIpc) is 3.19. The van der Waals surface area contributed by atoms with Crippen LogP contribution in [0.5, 0.6) is 0 Å². The van der Waals surface area contributed by atoms with Crippen LogP contribution >= 0.6 is 24.0 Å². The first-order valence-electron chi connectivity index (χ1n) is 7.62. The number of aliphatic hydroxyl groups is 1. The molecule has 1 saturated carbocycles. The van der Waals surface area contributed by atoms with E-state index in [2.05, 4.69) is 10.3 Å². The van der Waals surface area contributed by atoms with Gasteiger partial charge in [-0.1, -0.05) is 0 Å². The summed E-state index contributed by atoms with van der Waals surface area (Å²) in [6.07, 6.45) is 2.04. The lowest BCUT2D eigenvalue weighted by molar-refractivity contribution is 0.216. The van der Waals surface area contributed by atoms with Crippen LogP contribution in [0, 0.1) is 5.41 Å². The van der Waals surface area contributed by atoms with Gasteiger partial charge in [-0.2, -0.15) is 0 Å². The number of nitrogens with one attached hydrogen (secondary N) is 1. The first-order chi connectivity index (χ1) is 9.75. The minimum absolute atomic E-state index is 0. The van der Waals surface area contributed by atoms with Crippen molar-refractivity contribution in [2.24, 2.45) is 10.4 Å². The van der Waals surface area contributed by atoms with Gasteiger partial charge < -0.3 is 15.3 Å². The van der Waals surface area contributed by atoms with Crippen LogP contribution in [0.2, 0.25) is 0 Å². The molecule has 2 aliphatic rings. The Morgan fingerprint density at radius 2 is 2.00 bits per heavy atom. The van der Waals surface area contributed by atoms with Gasteiger partial charge in [0, 0.05) is 25.0 Å². The van der Waals surface area contributed by atoms with E-state index >= 15 is 0 Å². The zero-order chi connectivity index (χ0) is 15.7. The Bertz CT molecular complexity index is 515. The molecule has 8 heteroatoms. The van der Waals surface area contributed by atoms with E-state index in [-0.39, 0.29) is 41.8 Å². The lowest BCUT2D eigenvalue weighted by atomic mass is 10.1. The van der Waals surface area contributed by atoms with Crippen molar-refractivity contribution in [3.8, 4) is 0 Å². The van der Waals surface area contributed by atoms with Gasteiger partial charge in [-0.05, 0) is 33.6 Å². The van der Waals surface area contributed by atoms with Gasteiger partial charge in [0.25, 0.3) is 0 Å². The molecule has 0 atom stereocenters. The highest BCUT2D eigenvalue weighted by Gasteiger charge is 2.43. The lowest BCUT2D eigenvalue weighted by Gasteiger charge is -2.39. The number of aliphatic imine (C=N–C) groups is 1. The second-order valence-corrected chi connectivity index (χ2v) is 9.57. The summed E-state index contributed by atoms with van der Waals surface area (Å²) in [5.41, 5.74) is -0.0297. The summed E-state index contributed by atoms with van der Waals surface area (Å²) >= 11 is 0. The third-order valence-electron chi connectivity index (χ3n) is 4.53. The molecule has 0 aromatic rings. The Labute approximate surface area is 150 Å². The predicted molar refractivity (Wildman–Crippen MR) is 99.6 cm³/mol. The van der Waals surface area contributed by atoms with Crippen LogP contribution < -0.4 is 5.32 Å². The number of rotatable bonds is 4. The molecule has 2 rings (SSSR count). The second kappa shape index (κ2) is 7.21. The molecule has 22 heavy (non-hydrogen) atoms. The minimum atomic E-state index is -3.04. The maximum atomic E-state index is 12.1. The highest BCUT2D eigenvalue weighted by atomic mass is 127. The Morgan fingerprint density at radius 1 is 1.36 bits per heavy atom. The molecule has 0 aromatic carbocycles. The summed E-state index contributed by atoms with van der Waals surface area (Å²) in [5, 5.41) is 12.6. The Balaban J connectivity index is 0.00000242. The highest BCUT2D eigenvalue weighted by molar-refractivity contribution is 14.0. The number of guanidine groups is 1. The molecule has 0 spiro atoms. The van der Waals surface area contributed by atoms with Crippen molar-refractivity contribution in [2.75, 3.05) is 38.5 Å². The third kappa shape index (κ3) is 4.25. The smallest absolute Gasteiger partial charge is 0.194 e. The van der Waals surface area contributed by atoms with Gasteiger partial charge in [-0.3, -0.25) is 4.99 Å². The lowest BCUT2D eigenvalue weighted by Crippen LogP contribution is -2.57. The molecule has 1 aliphatic heterocycles. The quantitative estimate of drug-likeness (QED) is 0.381. The van der Waals surface area contributed by atoms with E-state index in [1.165, 1.54) is 0 Å². The van der Waals surface area contributed by atoms with Crippen LogP contribution in [0.4, 0.5) is 0 Å². The predicted octanol–water partition coefficient (Wildman–Crippen LogP) is 0.851. The topological polar surface area (TPSA) is 82.0 Å². The van der Waals surface area contributed by atoms with E-state index < -0.39 is 14.6 Å². The Kier molecular flexibility index (Phi) is 6.54. The van der Waals surface area contributed by atoms with E-state index in [0.29, 0.717) is 19.6 Å². The molecule has 0 amide bonds. The van der Waals surface area contributed by atoms with Gasteiger partial charge in [0.1, 0.15) is 0 Å². The van der Waals surface area contributed by atoms with E-state index in [9.17, 15) is 13.5 Å². The molecule has 2 fully saturated rings. The van der Waals surface area contributed by atoms with Crippen LogP contribution in [-0.2, 0) is 9.84 Å². The van der Waals surface area contributed by atoms with E-state index in [0.717, 1.165) is 25.3 Å².